The number of nitrogens with zero attached hydrogens (tertiary/aromatic N) is 1. The van der Waals surface area contributed by atoms with Gasteiger partial charge in [-0.05, 0) is 68.9 Å². The summed E-state index contributed by atoms with van der Waals surface area (Å²) in [4.78, 5) is 26.7. The van der Waals surface area contributed by atoms with Gasteiger partial charge in [0.15, 0.2) is 0 Å². The zero-order valence-corrected chi connectivity index (χ0v) is 19.8. The van der Waals surface area contributed by atoms with Crippen LogP contribution in [-0.4, -0.2) is 29.8 Å². The molecule has 5 aliphatic rings. The summed E-state index contributed by atoms with van der Waals surface area (Å²) in [6.07, 6.45) is 15.9. The molecular formula is C27H39NO3. The van der Waals surface area contributed by atoms with Crippen molar-refractivity contribution in [2.75, 3.05) is 7.05 Å². The van der Waals surface area contributed by atoms with E-state index in [2.05, 4.69) is 6.92 Å². The Morgan fingerprint density at radius 2 is 1.94 bits per heavy atom. The van der Waals surface area contributed by atoms with E-state index in [0.29, 0.717) is 30.0 Å². The second kappa shape index (κ2) is 8.96. The molecule has 4 nitrogen and oxygen atoms in total. The zero-order valence-electron chi connectivity index (χ0n) is 19.8. The van der Waals surface area contributed by atoms with Gasteiger partial charge in [0.25, 0.3) is 0 Å². The first-order valence-electron chi connectivity index (χ1n) is 12.5. The van der Waals surface area contributed by atoms with Gasteiger partial charge in [0.2, 0.25) is 0 Å². The molecule has 5 atom stereocenters. The number of carbonyl (C=O) groups is 2. The van der Waals surface area contributed by atoms with Crippen LogP contribution in [0.4, 0.5) is 0 Å². The van der Waals surface area contributed by atoms with Crippen LogP contribution in [0.5, 0.6) is 0 Å². The lowest BCUT2D eigenvalue weighted by molar-refractivity contribution is -0.153. The Labute approximate surface area is 187 Å². The van der Waals surface area contributed by atoms with Gasteiger partial charge in [-0.2, -0.15) is 0 Å². The van der Waals surface area contributed by atoms with Gasteiger partial charge in [-0.25, -0.2) is 4.79 Å². The number of Topliss-reactive ketones (excluding diaryl/α,β-unsaturated/α-hetero) is 1. The Hall–Kier alpha value is -1.84. The number of hydrogen-bond donors (Lipinski definition) is 0. The topological polar surface area (TPSA) is 46.6 Å². The van der Waals surface area contributed by atoms with Crippen molar-refractivity contribution in [1.82, 2.24) is 4.90 Å². The minimum atomic E-state index is -0.130. The quantitative estimate of drug-likeness (QED) is 0.405. The molecule has 1 heterocycles. The van der Waals surface area contributed by atoms with E-state index in [1.165, 1.54) is 24.8 Å². The monoisotopic (exact) mass is 425 g/mol. The molecule has 31 heavy (non-hydrogen) atoms. The maximum absolute atomic E-state index is 12.8. The van der Waals surface area contributed by atoms with Crippen molar-refractivity contribution < 1.29 is 14.3 Å². The number of esters is 1. The highest BCUT2D eigenvalue weighted by atomic mass is 16.5. The highest BCUT2D eigenvalue weighted by Gasteiger charge is 2.56. The predicted octanol–water partition coefficient (Wildman–Crippen LogP) is 5.94. The molecule has 0 N–H and O–H groups in total. The van der Waals surface area contributed by atoms with Gasteiger partial charge in [-0.1, -0.05) is 38.0 Å². The van der Waals surface area contributed by atoms with Crippen LogP contribution in [0.25, 0.3) is 0 Å². The number of allylic oxidation sites excluding steroid dienone is 3. The summed E-state index contributed by atoms with van der Waals surface area (Å²) in [5.41, 5.74) is 3.99. The fourth-order valence-corrected chi connectivity index (χ4v) is 7.22. The Balaban J connectivity index is 0.00000112. The molecule has 5 unspecified atom stereocenters. The Bertz CT molecular complexity index is 822. The molecule has 0 amide bonds. The second-order valence-electron chi connectivity index (χ2n) is 10.2. The number of rotatable bonds is 2. The summed E-state index contributed by atoms with van der Waals surface area (Å²) >= 11 is 0. The lowest BCUT2D eigenvalue weighted by Gasteiger charge is -2.51. The van der Waals surface area contributed by atoms with Gasteiger partial charge >= 0.3 is 5.97 Å². The fourth-order valence-electron chi connectivity index (χ4n) is 7.22. The lowest BCUT2D eigenvalue weighted by Crippen LogP contribution is -2.46. The van der Waals surface area contributed by atoms with Crippen LogP contribution in [0.15, 0.2) is 35.2 Å². The number of hydrogen-bond acceptors (Lipinski definition) is 4. The molecule has 0 radical (unpaired) electrons. The zero-order chi connectivity index (χ0) is 22.2. The predicted molar refractivity (Wildman–Crippen MR) is 123 cm³/mol. The van der Waals surface area contributed by atoms with E-state index >= 15 is 0 Å². The van der Waals surface area contributed by atoms with Crippen LogP contribution in [0.3, 0.4) is 0 Å². The first-order chi connectivity index (χ1) is 15.0. The Morgan fingerprint density at radius 3 is 2.71 bits per heavy atom. The lowest BCUT2D eigenvalue weighted by atomic mass is 9.54. The number of ether oxygens (including phenoxy) is 1. The van der Waals surface area contributed by atoms with Crippen LogP contribution >= 0.6 is 0 Å². The third-order valence-electron chi connectivity index (χ3n) is 8.66. The third-order valence-corrected chi connectivity index (χ3v) is 8.66. The molecule has 1 aliphatic heterocycles. The van der Waals surface area contributed by atoms with Gasteiger partial charge in [0.1, 0.15) is 11.9 Å². The van der Waals surface area contributed by atoms with Crippen molar-refractivity contribution in [3.8, 4) is 0 Å². The van der Waals surface area contributed by atoms with Gasteiger partial charge < -0.3 is 9.64 Å². The van der Waals surface area contributed by atoms with E-state index < -0.39 is 0 Å². The number of fused-ring (bicyclic) bond motifs is 4. The first-order valence-corrected chi connectivity index (χ1v) is 12.5. The van der Waals surface area contributed by atoms with Crippen molar-refractivity contribution in [3.05, 3.63) is 35.2 Å². The molecule has 0 aromatic carbocycles. The summed E-state index contributed by atoms with van der Waals surface area (Å²) in [7, 11) is 1.95. The SMILES string of the molecule is CC.CN1C=CCC(C(=O)OC2CCC3C4CCC5=C(CCC(=O)C5)C4CCC23C)=C1. The maximum atomic E-state index is 12.8. The maximum Gasteiger partial charge on any atom is 0.336 e. The van der Waals surface area contributed by atoms with Crippen LogP contribution in [0, 0.1) is 23.2 Å². The summed E-state index contributed by atoms with van der Waals surface area (Å²) < 4.78 is 6.15. The molecule has 2 saturated carbocycles. The molecule has 4 aliphatic carbocycles. The molecule has 170 valence electrons. The normalized spacial score (nSPS) is 36.6. The molecule has 0 aromatic rings. The third kappa shape index (κ3) is 4.03. The first kappa shape index (κ1) is 22.4. The van der Waals surface area contributed by atoms with Crippen LogP contribution < -0.4 is 0 Å². The van der Waals surface area contributed by atoms with Crippen LogP contribution in [0.1, 0.15) is 85.0 Å². The molecule has 4 heteroatoms. The minimum absolute atomic E-state index is 0.0429. The van der Waals surface area contributed by atoms with Gasteiger partial charge in [-0.15, -0.1) is 0 Å². The van der Waals surface area contributed by atoms with Crippen molar-refractivity contribution in [3.63, 3.8) is 0 Å². The minimum Gasteiger partial charge on any atom is -0.458 e. The second-order valence-corrected chi connectivity index (χ2v) is 10.2. The van der Waals surface area contributed by atoms with E-state index in [0.717, 1.165) is 44.1 Å². The van der Waals surface area contributed by atoms with Crippen molar-refractivity contribution in [1.29, 1.82) is 0 Å². The highest BCUT2D eigenvalue weighted by Crippen LogP contribution is 2.61. The van der Waals surface area contributed by atoms with Gasteiger partial charge in [0, 0.05) is 37.9 Å². The summed E-state index contributed by atoms with van der Waals surface area (Å²) in [5.74, 6) is 2.35. The van der Waals surface area contributed by atoms with Crippen molar-refractivity contribution in [2.24, 2.45) is 23.2 Å². The van der Waals surface area contributed by atoms with E-state index in [4.69, 9.17) is 4.74 Å². The number of carbonyl (C=O) groups excluding carboxylic acids is 2. The molecular weight excluding hydrogens is 386 g/mol. The molecule has 0 saturated heterocycles. The molecule has 0 aromatic heterocycles. The average molecular weight is 426 g/mol. The molecule has 5 rings (SSSR count). The Kier molecular flexibility index (Phi) is 6.46. The van der Waals surface area contributed by atoms with E-state index in [9.17, 15) is 9.59 Å². The van der Waals surface area contributed by atoms with Crippen LogP contribution in [-0.2, 0) is 14.3 Å². The van der Waals surface area contributed by atoms with Crippen LogP contribution in [0.2, 0.25) is 0 Å². The summed E-state index contributed by atoms with van der Waals surface area (Å²) in [6.45, 7) is 6.38. The smallest absolute Gasteiger partial charge is 0.336 e. The van der Waals surface area contributed by atoms with E-state index in [1.54, 1.807) is 5.57 Å². The molecule has 2 fully saturated rings. The highest BCUT2D eigenvalue weighted by molar-refractivity contribution is 5.89. The van der Waals surface area contributed by atoms with E-state index in [-0.39, 0.29) is 17.5 Å². The summed E-state index contributed by atoms with van der Waals surface area (Å²) in [5, 5.41) is 0. The average Bonchev–Trinajstić information content (AvgIpc) is 3.11. The largest absolute Gasteiger partial charge is 0.458 e. The number of ketones is 1. The van der Waals surface area contributed by atoms with Gasteiger partial charge in [0.05, 0.1) is 5.57 Å². The molecule has 0 bridgehead atoms. The van der Waals surface area contributed by atoms with E-state index in [1.807, 2.05) is 44.3 Å². The Morgan fingerprint density at radius 1 is 1.13 bits per heavy atom. The summed E-state index contributed by atoms with van der Waals surface area (Å²) in [6, 6.07) is 0. The van der Waals surface area contributed by atoms with Gasteiger partial charge in [-0.3, -0.25) is 4.79 Å². The fraction of sp³-hybridized carbons (Fsp3) is 0.704. The molecule has 0 spiro atoms. The van der Waals surface area contributed by atoms with Crippen molar-refractivity contribution >= 4 is 11.8 Å². The van der Waals surface area contributed by atoms with Crippen molar-refractivity contribution in [2.45, 2.75) is 91.1 Å². The standard InChI is InChI=1S/C25H33NO3.C2H6/c1-25-12-11-20-19-8-6-18(27)14-16(19)5-7-21(20)22(25)9-10-23(25)29-24(28)17-4-3-13-26(2)15-17;1-2/h3,13,15,20-23H,4-12,14H2,1-2H3;1-2H3.